The van der Waals surface area contributed by atoms with Crippen LogP contribution in [0.5, 0.6) is 0 Å². The molecule has 1 unspecified atom stereocenters. The Morgan fingerprint density at radius 1 is 1.12 bits per heavy atom. The molecule has 0 aliphatic rings. The van der Waals surface area contributed by atoms with Crippen LogP contribution in [0.25, 0.3) is 0 Å². The third-order valence-corrected chi connectivity index (χ3v) is 3.07. The van der Waals surface area contributed by atoms with Gasteiger partial charge >= 0.3 is 5.97 Å². The highest BCUT2D eigenvalue weighted by molar-refractivity contribution is 5.66. The molecule has 3 heteroatoms. The number of aryl methyl sites for hydroxylation is 1. The van der Waals surface area contributed by atoms with E-state index >= 15 is 0 Å². The van der Waals surface area contributed by atoms with Crippen LogP contribution in [-0.4, -0.2) is 11.0 Å². The van der Waals surface area contributed by atoms with Crippen LogP contribution in [0.4, 0.5) is 0 Å². The molecule has 0 radical (unpaired) electrons. The number of rotatable bonds is 2. The van der Waals surface area contributed by atoms with Gasteiger partial charge in [0.1, 0.15) is 6.10 Å². The Morgan fingerprint density at radius 3 is 2.19 bits per heavy atom. The molecule has 0 fully saturated rings. The van der Waals surface area contributed by atoms with E-state index in [2.05, 4.69) is 18.8 Å². The summed E-state index contributed by atoms with van der Waals surface area (Å²) >= 11 is 0. The lowest BCUT2D eigenvalue weighted by molar-refractivity contribution is -0.146. The molecule has 1 heterocycles. The van der Waals surface area contributed by atoms with E-state index in [-0.39, 0.29) is 12.1 Å². The van der Waals surface area contributed by atoms with E-state index in [0.29, 0.717) is 0 Å². The van der Waals surface area contributed by atoms with Crippen LogP contribution in [0, 0.1) is 27.7 Å². The minimum atomic E-state index is -0.282. The maximum Gasteiger partial charge on any atom is 0.303 e. The highest BCUT2D eigenvalue weighted by atomic mass is 16.5. The molecule has 0 aromatic carbocycles. The van der Waals surface area contributed by atoms with Gasteiger partial charge in [-0.2, -0.15) is 0 Å². The van der Waals surface area contributed by atoms with Crippen molar-refractivity contribution in [2.24, 2.45) is 0 Å². The lowest BCUT2D eigenvalue weighted by atomic mass is 10.00. The number of nitrogens with zero attached hydrogens (tertiary/aromatic N) is 1. The number of esters is 1. The highest BCUT2D eigenvalue weighted by Gasteiger charge is 2.16. The minimum absolute atomic E-state index is 0.274. The SMILES string of the molecule is CC(=O)OC(C)c1nc(C)c(C)c(C)c1C. The topological polar surface area (TPSA) is 39.2 Å². The van der Waals surface area contributed by atoms with Gasteiger partial charge in [-0.1, -0.05) is 0 Å². The molecular weight excluding hydrogens is 202 g/mol. The van der Waals surface area contributed by atoms with E-state index in [9.17, 15) is 4.79 Å². The first kappa shape index (κ1) is 12.7. The molecule has 1 aromatic rings. The summed E-state index contributed by atoms with van der Waals surface area (Å²) in [7, 11) is 0. The Labute approximate surface area is 96.8 Å². The van der Waals surface area contributed by atoms with E-state index in [0.717, 1.165) is 17.0 Å². The second-order valence-corrected chi connectivity index (χ2v) is 4.21. The van der Waals surface area contributed by atoms with E-state index in [1.54, 1.807) is 0 Å². The molecule has 0 saturated heterocycles. The molecule has 88 valence electrons. The first-order valence-corrected chi connectivity index (χ1v) is 5.46. The standard InChI is InChI=1S/C13H19NO2/c1-7-8(2)10(4)14-13(9(7)3)11(5)16-12(6)15/h11H,1-6H3. The molecule has 1 atom stereocenters. The Bertz CT molecular complexity index is 424. The first-order valence-electron chi connectivity index (χ1n) is 5.46. The molecule has 0 saturated carbocycles. The quantitative estimate of drug-likeness (QED) is 0.721. The second-order valence-electron chi connectivity index (χ2n) is 4.21. The van der Waals surface area contributed by atoms with E-state index in [1.165, 1.54) is 18.1 Å². The van der Waals surface area contributed by atoms with Crippen molar-refractivity contribution in [3.05, 3.63) is 28.1 Å². The predicted octanol–water partition coefficient (Wildman–Crippen LogP) is 2.94. The van der Waals surface area contributed by atoms with Crippen LogP contribution in [0.3, 0.4) is 0 Å². The summed E-state index contributed by atoms with van der Waals surface area (Å²) in [6.45, 7) is 11.4. The van der Waals surface area contributed by atoms with Crippen LogP contribution >= 0.6 is 0 Å². The molecule has 0 spiro atoms. The molecule has 16 heavy (non-hydrogen) atoms. The lowest BCUT2D eigenvalue weighted by Crippen LogP contribution is -2.11. The Morgan fingerprint density at radius 2 is 1.69 bits per heavy atom. The van der Waals surface area contributed by atoms with Crippen molar-refractivity contribution in [2.45, 2.75) is 47.6 Å². The molecule has 0 aliphatic heterocycles. The van der Waals surface area contributed by atoms with Crippen molar-refractivity contribution < 1.29 is 9.53 Å². The third-order valence-electron chi connectivity index (χ3n) is 3.07. The monoisotopic (exact) mass is 221 g/mol. The van der Waals surface area contributed by atoms with E-state index in [4.69, 9.17) is 4.74 Å². The van der Waals surface area contributed by atoms with Gasteiger partial charge in [0.2, 0.25) is 0 Å². The number of carbonyl (C=O) groups excluding carboxylic acids is 1. The van der Waals surface area contributed by atoms with Gasteiger partial charge in [-0.3, -0.25) is 9.78 Å². The van der Waals surface area contributed by atoms with Crippen LogP contribution < -0.4 is 0 Å². The summed E-state index contributed by atoms with van der Waals surface area (Å²) in [5.74, 6) is -0.274. The van der Waals surface area contributed by atoms with Gasteiger partial charge in [-0.25, -0.2) is 0 Å². The number of hydrogen-bond donors (Lipinski definition) is 0. The molecule has 0 N–H and O–H groups in total. The van der Waals surface area contributed by atoms with Crippen LogP contribution in [-0.2, 0) is 9.53 Å². The van der Waals surface area contributed by atoms with E-state index < -0.39 is 0 Å². The first-order chi connectivity index (χ1) is 7.34. The van der Waals surface area contributed by atoms with Gasteiger partial charge in [-0.05, 0) is 51.3 Å². The average Bonchev–Trinajstić information content (AvgIpc) is 2.19. The number of ether oxygens (including phenoxy) is 1. The Hall–Kier alpha value is -1.38. The second kappa shape index (κ2) is 4.64. The van der Waals surface area contributed by atoms with Crippen molar-refractivity contribution >= 4 is 5.97 Å². The Balaban J connectivity index is 3.19. The number of aromatic nitrogens is 1. The molecular formula is C13H19NO2. The predicted molar refractivity (Wildman–Crippen MR) is 63.4 cm³/mol. The minimum Gasteiger partial charge on any atom is -0.456 e. The highest BCUT2D eigenvalue weighted by Crippen LogP contribution is 2.24. The molecule has 0 bridgehead atoms. The summed E-state index contributed by atoms with van der Waals surface area (Å²) in [6, 6.07) is 0. The van der Waals surface area contributed by atoms with Gasteiger partial charge in [0.25, 0.3) is 0 Å². The van der Waals surface area contributed by atoms with Gasteiger partial charge in [0.05, 0.1) is 5.69 Å². The normalized spacial score (nSPS) is 12.4. The fourth-order valence-corrected chi connectivity index (χ4v) is 1.79. The van der Waals surface area contributed by atoms with Crippen molar-refractivity contribution in [1.29, 1.82) is 0 Å². The summed E-state index contributed by atoms with van der Waals surface area (Å²) < 4.78 is 5.17. The molecule has 1 aromatic heterocycles. The van der Waals surface area contributed by atoms with Crippen molar-refractivity contribution in [2.75, 3.05) is 0 Å². The van der Waals surface area contributed by atoms with Crippen LogP contribution in [0.1, 0.15) is 48.0 Å². The molecule has 1 rings (SSSR count). The van der Waals surface area contributed by atoms with Crippen LogP contribution in [0.2, 0.25) is 0 Å². The van der Waals surface area contributed by atoms with Gasteiger partial charge in [0.15, 0.2) is 0 Å². The van der Waals surface area contributed by atoms with Crippen molar-refractivity contribution in [3.63, 3.8) is 0 Å². The van der Waals surface area contributed by atoms with Gasteiger partial charge in [-0.15, -0.1) is 0 Å². The largest absolute Gasteiger partial charge is 0.456 e. The molecule has 0 amide bonds. The van der Waals surface area contributed by atoms with Crippen molar-refractivity contribution in [1.82, 2.24) is 4.98 Å². The average molecular weight is 221 g/mol. The third kappa shape index (κ3) is 2.40. The fourth-order valence-electron chi connectivity index (χ4n) is 1.79. The smallest absolute Gasteiger partial charge is 0.303 e. The number of carbonyl (C=O) groups is 1. The Kier molecular flexibility index (Phi) is 3.68. The van der Waals surface area contributed by atoms with Crippen LogP contribution in [0.15, 0.2) is 0 Å². The maximum atomic E-state index is 10.9. The van der Waals surface area contributed by atoms with E-state index in [1.807, 2.05) is 20.8 Å². The number of hydrogen-bond acceptors (Lipinski definition) is 3. The fraction of sp³-hybridized carbons (Fsp3) is 0.538. The summed E-state index contributed by atoms with van der Waals surface area (Å²) in [4.78, 5) is 15.4. The molecule has 0 aliphatic carbocycles. The zero-order valence-electron chi connectivity index (χ0n) is 10.8. The zero-order chi connectivity index (χ0) is 12.5. The zero-order valence-corrected chi connectivity index (χ0v) is 10.8. The van der Waals surface area contributed by atoms with Crippen molar-refractivity contribution in [3.8, 4) is 0 Å². The number of pyridine rings is 1. The molecule has 3 nitrogen and oxygen atoms in total. The van der Waals surface area contributed by atoms with Gasteiger partial charge < -0.3 is 4.74 Å². The maximum absolute atomic E-state index is 10.9. The summed E-state index contributed by atoms with van der Waals surface area (Å²) in [5.41, 5.74) is 5.39. The van der Waals surface area contributed by atoms with Gasteiger partial charge in [0, 0.05) is 12.6 Å². The summed E-state index contributed by atoms with van der Waals surface area (Å²) in [5, 5.41) is 0. The summed E-state index contributed by atoms with van der Waals surface area (Å²) in [6.07, 6.45) is -0.282. The lowest BCUT2D eigenvalue weighted by Gasteiger charge is -2.18.